The van der Waals surface area contributed by atoms with Gasteiger partial charge < -0.3 is 9.67 Å². The summed E-state index contributed by atoms with van der Waals surface area (Å²) in [5.41, 5.74) is 0.749. The number of nitrogens with zero attached hydrogens (tertiary/aromatic N) is 1. The number of aromatic nitrogens is 1. The highest BCUT2D eigenvalue weighted by molar-refractivity contribution is 6.32. The number of hydrogen-bond acceptors (Lipinski definition) is 1. The summed E-state index contributed by atoms with van der Waals surface area (Å²) in [6, 6.07) is 7.53. The van der Waals surface area contributed by atoms with E-state index in [1.165, 1.54) is 10.6 Å². The zero-order chi connectivity index (χ0) is 15.1. The molecule has 0 saturated heterocycles. The third-order valence-corrected chi connectivity index (χ3v) is 3.35. The van der Waals surface area contributed by atoms with Crippen LogP contribution in [0, 0.1) is 11.6 Å². The lowest BCUT2D eigenvalue weighted by atomic mass is 10.1. The zero-order valence-corrected chi connectivity index (χ0v) is 11.2. The van der Waals surface area contributed by atoms with E-state index < -0.39 is 17.6 Å². The average Bonchev–Trinajstić information content (AvgIpc) is 2.79. The van der Waals surface area contributed by atoms with Crippen LogP contribution in [-0.4, -0.2) is 15.6 Å². The third kappa shape index (κ3) is 2.36. The van der Waals surface area contributed by atoms with Gasteiger partial charge in [-0.05, 0) is 30.3 Å². The summed E-state index contributed by atoms with van der Waals surface area (Å²) in [5.74, 6) is -2.55. The van der Waals surface area contributed by atoms with Crippen LogP contribution in [0.3, 0.4) is 0 Å². The Morgan fingerprint density at radius 1 is 1.10 bits per heavy atom. The van der Waals surface area contributed by atoms with E-state index >= 15 is 0 Å². The van der Waals surface area contributed by atoms with Gasteiger partial charge in [0.15, 0.2) is 0 Å². The average molecular weight is 308 g/mol. The molecule has 21 heavy (non-hydrogen) atoms. The Morgan fingerprint density at radius 3 is 2.38 bits per heavy atom. The van der Waals surface area contributed by atoms with Crippen LogP contribution in [0.15, 0.2) is 42.6 Å². The predicted molar refractivity (Wildman–Crippen MR) is 75.2 cm³/mol. The maximum atomic E-state index is 13.3. The summed E-state index contributed by atoms with van der Waals surface area (Å²) in [6.45, 7) is 0. The monoisotopic (exact) mass is 307 g/mol. The summed E-state index contributed by atoms with van der Waals surface area (Å²) in [5, 5.41) is 9.86. The van der Waals surface area contributed by atoms with Gasteiger partial charge in [-0.15, -0.1) is 0 Å². The molecule has 0 aliphatic heterocycles. The molecule has 0 amide bonds. The standard InChI is InChI=1S/C15H8ClF2NO2/c16-8-3-13(15(20)21)12-1-2-19(14(12)4-8)11-6-9(17)5-10(18)7-11/h1-7H,(H,20,21). The molecule has 0 saturated carbocycles. The number of hydrogen-bond donors (Lipinski definition) is 1. The molecule has 0 aliphatic rings. The lowest BCUT2D eigenvalue weighted by molar-refractivity contribution is 0.0699. The van der Waals surface area contributed by atoms with Gasteiger partial charge in [-0.1, -0.05) is 11.6 Å². The molecule has 0 atom stereocenters. The van der Waals surface area contributed by atoms with E-state index in [1.54, 1.807) is 18.3 Å². The van der Waals surface area contributed by atoms with E-state index in [-0.39, 0.29) is 16.3 Å². The van der Waals surface area contributed by atoms with Crippen molar-refractivity contribution in [1.29, 1.82) is 0 Å². The van der Waals surface area contributed by atoms with Crippen molar-refractivity contribution in [3.05, 3.63) is 64.8 Å². The van der Waals surface area contributed by atoms with Crippen LogP contribution < -0.4 is 0 Å². The Bertz CT molecular complexity index is 853. The first-order valence-corrected chi connectivity index (χ1v) is 6.34. The summed E-state index contributed by atoms with van der Waals surface area (Å²) in [6.07, 6.45) is 1.54. The predicted octanol–water partition coefficient (Wildman–Crippen LogP) is 4.26. The summed E-state index contributed by atoms with van der Waals surface area (Å²) in [7, 11) is 0. The van der Waals surface area contributed by atoms with Crippen LogP contribution >= 0.6 is 11.6 Å². The fourth-order valence-electron chi connectivity index (χ4n) is 2.29. The molecular weight excluding hydrogens is 300 g/mol. The van der Waals surface area contributed by atoms with Gasteiger partial charge in [0.05, 0.1) is 16.8 Å². The van der Waals surface area contributed by atoms with Gasteiger partial charge in [0, 0.05) is 22.7 Å². The van der Waals surface area contributed by atoms with Crippen LogP contribution in [-0.2, 0) is 0 Å². The largest absolute Gasteiger partial charge is 0.478 e. The molecule has 0 bridgehead atoms. The van der Waals surface area contributed by atoms with Crippen LogP contribution in [0.1, 0.15) is 10.4 Å². The molecule has 6 heteroatoms. The highest BCUT2D eigenvalue weighted by atomic mass is 35.5. The number of benzene rings is 2. The quantitative estimate of drug-likeness (QED) is 0.768. The fourth-order valence-corrected chi connectivity index (χ4v) is 2.50. The Hall–Kier alpha value is -2.40. The number of aromatic carboxylic acids is 1. The van der Waals surface area contributed by atoms with E-state index in [2.05, 4.69) is 0 Å². The first-order chi connectivity index (χ1) is 9.95. The van der Waals surface area contributed by atoms with Gasteiger partial charge in [0.25, 0.3) is 0 Å². The second kappa shape index (κ2) is 4.86. The van der Waals surface area contributed by atoms with Crippen molar-refractivity contribution in [3.63, 3.8) is 0 Å². The van der Waals surface area contributed by atoms with Crippen molar-refractivity contribution < 1.29 is 18.7 Å². The molecule has 3 rings (SSSR count). The molecule has 0 spiro atoms. The van der Waals surface area contributed by atoms with Gasteiger partial charge in [-0.25, -0.2) is 13.6 Å². The van der Waals surface area contributed by atoms with Crippen molar-refractivity contribution >= 4 is 28.5 Å². The van der Waals surface area contributed by atoms with Gasteiger partial charge in [-0.2, -0.15) is 0 Å². The summed E-state index contributed by atoms with van der Waals surface area (Å²) >= 11 is 5.92. The van der Waals surface area contributed by atoms with Crippen molar-refractivity contribution in [3.8, 4) is 5.69 Å². The van der Waals surface area contributed by atoms with Gasteiger partial charge in [0.2, 0.25) is 0 Å². The molecule has 0 aliphatic carbocycles. The Labute approximate surface area is 123 Å². The molecular formula is C15H8ClF2NO2. The molecule has 3 aromatic rings. The van der Waals surface area contributed by atoms with Crippen molar-refractivity contribution in [2.75, 3.05) is 0 Å². The molecule has 3 nitrogen and oxygen atoms in total. The van der Waals surface area contributed by atoms with Gasteiger partial charge in [0.1, 0.15) is 11.6 Å². The van der Waals surface area contributed by atoms with E-state index in [0.29, 0.717) is 10.9 Å². The minimum absolute atomic E-state index is 0.0353. The number of carbonyl (C=O) groups is 1. The topological polar surface area (TPSA) is 42.2 Å². The zero-order valence-electron chi connectivity index (χ0n) is 10.5. The maximum absolute atomic E-state index is 13.3. The lowest BCUT2D eigenvalue weighted by Crippen LogP contribution is -1.99. The van der Waals surface area contributed by atoms with E-state index in [0.717, 1.165) is 18.2 Å². The normalized spacial score (nSPS) is 11.0. The highest BCUT2D eigenvalue weighted by Gasteiger charge is 2.14. The number of carboxylic acids is 1. The first kappa shape index (κ1) is 13.6. The Kier molecular flexibility index (Phi) is 3.14. The van der Waals surface area contributed by atoms with Gasteiger partial charge >= 0.3 is 5.97 Å². The van der Waals surface area contributed by atoms with Crippen LogP contribution in [0.4, 0.5) is 8.78 Å². The maximum Gasteiger partial charge on any atom is 0.336 e. The SMILES string of the molecule is O=C(O)c1cc(Cl)cc2c1ccn2-c1cc(F)cc(F)c1. The smallest absolute Gasteiger partial charge is 0.336 e. The highest BCUT2D eigenvalue weighted by Crippen LogP contribution is 2.28. The number of halogens is 3. The summed E-state index contributed by atoms with van der Waals surface area (Å²) in [4.78, 5) is 11.2. The minimum Gasteiger partial charge on any atom is -0.478 e. The minimum atomic E-state index is -1.12. The molecule has 0 unspecified atom stereocenters. The second-order valence-electron chi connectivity index (χ2n) is 4.50. The molecule has 1 aromatic heterocycles. The molecule has 1 heterocycles. The Morgan fingerprint density at radius 2 is 1.76 bits per heavy atom. The van der Waals surface area contributed by atoms with Crippen molar-refractivity contribution in [2.45, 2.75) is 0 Å². The number of rotatable bonds is 2. The van der Waals surface area contributed by atoms with Gasteiger partial charge in [-0.3, -0.25) is 0 Å². The third-order valence-electron chi connectivity index (χ3n) is 3.13. The van der Waals surface area contributed by atoms with Crippen LogP contribution in [0.5, 0.6) is 0 Å². The first-order valence-electron chi connectivity index (χ1n) is 5.96. The molecule has 1 N–H and O–H groups in total. The molecule has 2 aromatic carbocycles. The molecule has 0 radical (unpaired) electrons. The fraction of sp³-hybridized carbons (Fsp3) is 0. The van der Waals surface area contributed by atoms with E-state index in [1.807, 2.05) is 0 Å². The van der Waals surface area contributed by atoms with E-state index in [4.69, 9.17) is 11.6 Å². The Balaban J connectivity index is 2.32. The van der Waals surface area contributed by atoms with Crippen LogP contribution in [0.25, 0.3) is 16.6 Å². The summed E-state index contributed by atoms with van der Waals surface area (Å²) < 4.78 is 28.2. The van der Waals surface area contributed by atoms with Crippen LogP contribution in [0.2, 0.25) is 5.02 Å². The second-order valence-corrected chi connectivity index (χ2v) is 4.94. The van der Waals surface area contributed by atoms with Crippen molar-refractivity contribution in [1.82, 2.24) is 4.57 Å². The number of carboxylic acid groups (broad SMARTS) is 1. The van der Waals surface area contributed by atoms with Crippen molar-refractivity contribution in [2.24, 2.45) is 0 Å². The molecule has 0 fully saturated rings. The van der Waals surface area contributed by atoms with E-state index in [9.17, 15) is 18.7 Å². The number of fused-ring (bicyclic) bond motifs is 1. The lowest BCUT2D eigenvalue weighted by Gasteiger charge is -2.07. The molecule has 106 valence electrons.